The molecule has 0 saturated carbocycles. The van der Waals surface area contributed by atoms with Crippen LogP contribution in [0.2, 0.25) is 0 Å². The molecule has 0 aliphatic rings. The fraction of sp³-hybridized carbons (Fsp3) is 0.333. The van der Waals surface area contributed by atoms with E-state index in [1.54, 1.807) is 11.3 Å². The maximum atomic E-state index is 5.29. The molecule has 0 aliphatic carbocycles. The second-order valence-corrected chi connectivity index (χ2v) is 5.37. The average molecular weight is 286 g/mol. The summed E-state index contributed by atoms with van der Waals surface area (Å²) in [5.74, 6) is 0.916. The normalized spacial score (nSPS) is 9.90. The molecule has 4 heteroatoms. The molecule has 0 aromatic carbocycles. The fourth-order valence-corrected chi connectivity index (χ4v) is 3.23. The van der Waals surface area contributed by atoms with Crippen LogP contribution in [-0.4, -0.2) is 6.61 Å². The highest BCUT2D eigenvalue weighted by Crippen LogP contribution is 2.37. The quantitative estimate of drug-likeness (QED) is 0.806. The molecule has 1 nitrogen and oxygen atoms in total. The Kier molecular flexibility index (Phi) is 3.20. The molecule has 10 heavy (non-hydrogen) atoms. The van der Waals surface area contributed by atoms with Crippen molar-refractivity contribution < 1.29 is 4.74 Å². The Morgan fingerprint density at radius 2 is 2.30 bits per heavy atom. The fourth-order valence-electron chi connectivity index (χ4n) is 0.579. The van der Waals surface area contributed by atoms with Gasteiger partial charge in [0, 0.05) is 6.07 Å². The summed E-state index contributed by atoms with van der Waals surface area (Å²) in [7, 11) is 0. The van der Waals surface area contributed by atoms with Crippen LogP contribution in [0.3, 0.4) is 0 Å². The van der Waals surface area contributed by atoms with Gasteiger partial charge >= 0.3 is 0 Å². The zero-order chi connectivity index (χ0) is 7.56. The summed E-state index contributed by atoms with van der Waals surface area (Å²) in [4.78, 5) is 0. The van der Waals surface area contributed by atoms with Gasteiger partial charge in [-0.1, -0.05) is 0 Å². The second-order valence-electron chi connectivity index (χ2n) is 1.62. The van der Waals surface area contributed by atoms with E-state index >= 15 is 0 Å². The van der Waals surface area contributed by atoms with Gasteiger partial charge in [-0.05, 0) is 38.8 Å². The Labute approximate surface area is 80.7 Å². The first-order valence-electron chi connectivity index (χ1n) is 2.81. The minimum atomic E-state index is 0.710. The van der Waals surface area contributed by atoms with Crippen molar-refractivity contribution >= 4 is 43.2 Å². The van der Waals surface area contributed by atoms with Crippen molar-refractivity contribution in [1.82, 2.24) is 0 Å². The first-order valence-corrected chi connectivity index (χ1v) is 5.22. The van der Waals surface area contributed by atoms with Crippen molar-refractivity contribution in [3.8, 4) is 5.75 Å². The van der Waals surface area contributed by atoms with E-state index in [4.69, 9.17) is 4.74 Å². The van der Waals surface area contributed by atoms with Crippen molar-refractivity contribution in [2.45, 2.75) is 6.92 Å². The standard InChI is InChI=1S/C6H6Br2OS/c1-2-9-4-3-5(7)10-6(4)8/h3H,2H2,1H3. The molecule has 0 saturated heterocycles. The van der Waals surface area contributed by atoms with Gasteiger partial charge in [0.1, 0.15) is 9.54 Å². The van der Waals surface area contributed by atoms with Crippen LogP contribution < -0.4 is 4.74 Å². The summed E-state index contributed by atoms with van der Waals surface area (Å²) in [5, 5.41) is 0. The van der Waals surface area contributed by atoms with E-state index in [1.807, 2.05) is 13.0 Å². The van der Waals surface area contributed by atoms with Crippen LogP contribution in [0.25, 0.3) is 0 Å². The largest absolute Gasteiger partial charge is 0.492 e. The van der Waals surface area contributed by atoms with Crippen molar-refractivity contribution in [1.29, 1.82) is 0 Å². The molecule has 1 heterocycles. The summed E-state index contributed by atoms with van der Waals surface area (Å²) in [6.45, 7) is 2.68. The van der Waals surface area contributed by atoms with Crippen molar-refractivity contribution in [2.24, 2.45) is 0 Å². The third-order valence-electron chi connectivity index (χ3n) is 0.925. The summed E-state index contributed by atoms with van der Waals surface area (Å²) in [6.07, 6.45) is 0. The molecule has 0 unspecified atom stereocenters. The summed E-state index contributed by atoms with van der Waals surface area (Å²) < 4.78 is 7.42. The summed E-state index contributed by atoms with van der Waals surface area (Å²) >= 11 is 8.36. The molecule has 0 bridgehead atoms. The zero-order valence-corrected chi connectivity index (χ0v) is 9.35. The predicted octanol–water partition coefficient (Wildman–Crippen LogP) is 3.67. The first kappa shape index (κ1) is 8.56. The molecule has 1 aromatic heterocycles. The molecular formula is C6H6Br2OS. The molecule has 0 fully saturated rings. The van der Waals surface area contributed by atoms with Gasteiger partial charge in [0.05, 0.1) is 10.4 Å². The minimum absolute atomic E-state index is 0.710. The molecule has 0 atom stereocenters. The molecule has 0 N–H and O–H groups in total. The number of hydrogen-bond donors (Lipinski definition) is 0. The minimum Gasteiger partial charge on any atom is -0.492 e. The lowest BCUT2D eigenvalue weighted by Gasteiger charge is -1.97. The molecule has 0 aliphatic heterocycles. The van der Waals surface area contributed by atoms with Crippen LogP contribution >= 0.6 is 43.2 Å². The van der Waals surface area contributed by atoms with E-state index in [1.165, 1.54) is 0 Å². The van der Waals surface area contributed by atoms with Crippen LogP contribution in [0.1, 0.15) is 6.92 Å². The highest BCUT2D eigenvalue weighted by Gasteiger charge is 2.03. The van der Waals surface area contributed by atoms with Crippen LogP contribution in [0.5, 0.6) is 5.75 Å². The molecule has 56 valence electrons. The van der Waals surface area contributed by atoms with Crippen LogP contribution in [-0.2, 0) is 0 Å². The van der Waals surface area contributed by atoms with Gasteiger partial charge in [-0.25, -0.2) is 0 Å². The van der Waals surface area contributed by atoms with Crippen LogP contribution in [0.15, 0.2) is 13.6 Å². The maximum Gasteiger partial charge on any atom is 0.145 e. The van der Waals surface area contributed by atoms with E-state index in [9.17, 15) is 0 Å². The number of halogens is 2. The van der Waals surface area contributed by atoms with E-state index in [0.29, 0.717) is 6.61 Å². The lowest BCUT2D eigenvalue weighted by Crippen LogP contribution is -1.88. The SMILES string of the molecule is CCOc1cc(Br)sc1Br. The second kappa shape index (κ2) is 3.74. The Bertz CT molecular complexity index is 222. The maximum absolute atomic E-state index is 5.29. The lowest BCUT2D eigenvalue weighted by atomic mass is 10.6. The number of hydrogen-bond acceptors (Lipinski definition) is 2. The third-order valence-corrected chi connectivity index (χ3v) is 3.21. The van der Waals surface area contributed by atoms with Gasteiger partial charge < -0.3 is 4.74 Å². The van der Waals surface area contributed by atoms with E-state index in [-0.39, 0.29) is 0 Å². The summed E-state index contributed by atoms with van der Waals surface area (Å²) in [5.41, 5.74) is 0. The molecule has 1 aromatic rings. The van der Waals surface area contributed by atoms with Crippen LogP contribution in [0, 0.1) is 0 Å². The Morgan fingerprint density at radius 1 is 1.60 bits per heavy atom. The average Bonchev–Trinajstić information content (AvgIpc) is 2.13. The number of thiophene rings is 1. The van der Waals surface area contributed by atoms with Gasteiger partial charge in [0.25, 0.3) is 0 Å². The third kappa shape index (κ3) is 1.97. The first-order chi connectivity index (χ1) is 4.74. The van der Waals surface area contributed by atoms with Crippen LogP contribution in [0.4, 0.5) is 0 Å². The molecule has 0 spiro atoms. The molecule has 0 amide bonds. The Hall–Kier alpha value is 0.460. The van der Waals surface area contributed by atoms with E-state index in [0.717, 1.165) is 13.3 Å². The number of ether oxygens (including phenoxy) is 1. The Balaban J connectivity index is 2.81. The zero-order valence-electron chi connectivity index (χ0n) is 5.36. The molecule has 1 rings (SSSR count). The van der Waals surface area contributed by atoms with E-state index < -0.39 is 0 Å². The smallest absolute Gasteiger partial charge is 0.145 e. The Morgan fingerprint density at radius 3 is 2.70 bits per heavy atom. The van der Waals surface area contributed by atoms with Gasteiger partial charge in [0.15, 0.2) is 0 Å². The lowest BCUT2D eigenvalue weighted by molar-refractivity contribution is 0.340. The van der Waals surface area contributed by atoms with Gasteiger partial charge in [-0.15, -0.1) is 11.3 Å². The molecule has 0 radical (unpaired) electrons. The van der Waals surface area contributed by atoms with Gasteiger partial charge in [0.2, 0.25) is 0 Å². The predicted molar refractivity (Wildman–Crippen MR) is 50.9 cm³/mol. The molecular weight excluding hydrogens is 280 g/mol. The number of rotatable bonds is 2. The summed E-state index contributed by atoms with van der Waals surface area (Å²) in [6, 6.07) is 1.96. The van der Waals surface area contributed by atoms with Crippen molar-refractivity contribution in [3.63, 3.8) is 0 Å². The van der Waals surface area contributed by atoms with Gasteiger partial charge in [-0.3, -0.25) is 0 Å². The highest BCUT2D eigenvalue weighted by molar-refractivity contribution is 9.12. The van der Waals surface area contributed by atoms with Crippen molar-refractivity contribution in [3.05, 3.63) is 13.6 Å². The van der Waals surface area contributed by atoms with Crippen molar-refractivity contribution in [2.75, 3.05) is 6.61 Å². The van der Waals surface area contributed by atoms with Gasteiger partial charge in [-0.2, -0.15) is 0 Å². The monoisotopic (exact) mass is 284 g/mol. The topological polar surface area (TPSA) is 9.23 Å². The van der Waals surface area contributed by atoms with E-state index in [2.05, 4.69) is 31.9 Å². The highest BCUT2D eigenvalue weighted by atomic mass is 79.9.